The fourth-order valence-electron chi connectivity index (χ4n) is 4.17. The van der Waals surface area contributed by atoms with E-state index in [4.69, 9.17) is 4.74 Å². The van der Waals surface area contributed by atoms with Gasteiger partial charge >= 0.3 is 0 Å². The van der Waals surface area contributed by atoms with E-state index in [-0.39, 0.29) is 12.5 Å². The van der Waals surface area contributed by atoms with Crippen molar-refractivity contribution in [3.63, 3.8) is 0 Å². The minimum absolute atomic E-state index is 0.268. The Bertz CT molecular complexity index is 1230. The zero-order valence-corrected chi connectivity index (χ0v) is 20.7. The molecule has 1 heterocycles. The maximum atomic E-state index is 12.5. The van der Waals surface area contributed by atoms with Crippen LogP contribution in [-0.4, -0.2) is 46.8 Å². The molecule has 35 heavy (non-hydrogen) atoms. The second kappa shape index (κ2) is 11.3. The van der Waals surface area contributed by atoms with Crippen LogP contribution in [0.25, 0.3) is 0 Å². The van der Waals surface area contributed by atoms with E-state index >= 15 is 0 Å². The number of hydrogen-bond donors (Lipinski definition) is 1. The van der Waals surface area contributed by atoms with Gasteiger partial charge in [-0.3, -0.25) is 9.10 Å². The van der Waals surface area contributed by atoms with Gasteiger partial charge in [0, 0.05) is 25.3 Å². The van der Waals surface area contributed by atoms with Gasteiger partial charge in [0.2, 0.25) is 15.9 Å². The Morgan fingerprint density at radius 2 is 1.71 bits per heavy atom. The second-order valence-corrected chi connectivity index (χ2v) is 10.5. The number of para-hydroxylation sites is 1. The van der Waals surface area contributed by atoms with Gasteiger partial charge in [-0.15, -0.1) is 0 Å². The van der Waals surface area contributed by atoms with Gasteiger partial charge in [0.25, 0.3) is 0 Å². The average molecular weight is 494 g/mol. The normalized spacial score (nSPS) is 12.8. The lowest BCUT2D eigenvalue weighted by Gasteiger charge is -2.22. The molecule has 1 N–H and O–H groups in total. The van der Waals surface area contributed by atoms with Crippen molar-refractivity contribution < 1.29 is 17.9 Å². The quantitative estimate of drug-likeness (QED) is 0.413. The summed E-state index contributed by atoms with van der Waals surface area (Å²) in [6.07, 6.45) is 2.93. The van der Waals surface area contributed by atoms with Crippen LogP contribution in [0.5, 0.6) is 5.75 Å². The van der Waals surface area contributed by atoms with E-state index in [1.165, 1.54) is 11.3 Å². The number of carbonyl (C=O) groups is 1. The average Bonchev–Trinajstić information content (AvgIpc) is 3.27. The van der Waals surface area contributed by atoms with Crippen LogP contribution in [0.3, 0.4) is 0 Å². The van der Waals surface area contributed by atoms with Gasteiger partial charge in [0.15, 0.2) is 0 Å². The summed E-state index contributed by atoms with van der Waals surface area (Å²) in [5.41, 5.74) is 4.08. The third kappa shape index (κ3) is 6.76. The van der Waals surface area contributed by atoms with Crippen LogP contribution in [0.2, 0.25) is 0 Å². The van der Waals surface area contributed by atoms with Gasteiger partial charge in [-0.25, -0.2) is 8.42 Å². The van der Waals surface area contributed by atoms with Crippen molar-refractivity contribution in [2.24, 2.45) is 0 Å². The summed E-state index contributed by atoms with van der Waals surface area (Å²) in [4.78, 5) is 14.9. The minimum atomic E-state index is -3.63. The van der Waals surface area contributed by atoms with Crippen LogP contribution in [0.1, 0.15) is 17.5 Å². The maximum Gasteiger partial charge on any atom is 0.240 e. The Kier molecular flexibility index (Phi) is 7.92. The molecule has 0 aliphatic carbocycles. The first kappa shape index (κ1) is 24.6. The molecule has 0 spiro atoms. The van der Waals surface area contributed by atoms with Crippen LogP contribution >= 0.6 is 0 Å². The summed E-state index contributed by atoms with van der Waals surface area (Å²) < 4.78 is 31.7. The first-order chi connectivity index (χ1) is 16.9. The molecule has 184 valence electrons. The molecule has 7 nitrogen and oxygen atoms in total. The van der Waals surface area contributed by atoms with E-state index in [0.717, 1.165) is 42.1 Å². The van der Waals surface area contributed by atoms with Gasteiger partial charge in [-0.1, -0.05) is 48.5 Å². The maximum absolute atomic E-state index is 12.5. The van der Waals surface area contributed by atoms with Crippen LogP contribution < -0.4 is 19.3 Å². The lowest BCUT2D eigenvalue weighted by Crippen LogP contribution is -2.41. The monoisotopic (exact) mass is 493 g/mol. The Hall–Kier alpha value is -3.52. The molecule has 4 rings (SSSR count). The SMILES string of the molecule is CS(=O)(=O)N(CC(=O)NCCCN1CCc2ccccc21)c1ccc(OCc2ccccc2)cc1. The van der Waals surface area contributed by atoms with E-state index < -0.39 is 10.0 Å². The zero-order chi connectivity index (χ0) is 24.7. The van der Waals surface area contributed by atoms with Crippen molar-refractivity contribution in [3.05, 3.63) is 90.0 Å². The molecule has 3 aromatic rings. The highest BCUT2D eigenvalue weighted by molar-refractivity contribution is 7.92. The lowest BCUT2D eigenvalue weighted by molar-refractivity contribution is -0.119. The summed E-state index contributed by atoms with van der Waals surface area (Å²) in [5, 5.41) is 2.86. The third-order valence-electron chi connectivity index (χ3n) is 5.97. The van der Waals surface area contributed by atoms with Gasteiger partial charge in [0.05, 0.1) is 11.9 Å². The third-order valence-corrected chi connectivity index (χ3v) is 7.11. The van der Waals surface area contributed by atoms with Crippen LogP contribution in [0.15, 0.2) is 78.9 Å². The number of anilines is 2. The standard InChI is InChI=1S/C27H31N3O4S/c1-35(32,33)30(24-12-14-25(15-13-24)34-21-22-8-3-2-4-9-22)20-27(31)28-17-7-18-29-19-16-23-10-5-6-11-26(23)29/h2-6,8-15H,7,16-21H2,1H3,(H,28,31). The van der Waals surface area contributed by atoms with Gasteiger partial charge in [-0.2, -0.15) is 0 Å². The largest absolute Gasteiger partial charge is 0.489 e. The molecular formula is C27H31N3O4S. The van der Waals surface area contributed by atoms with Crippen molar-refractivity contribution in [2.45, 2.75) is 19.4 Å². The van der Waals surface area contributed by atoms with Crippen LogP contribution in [-0.2, 0) is 27.8 Å². The second-order valence-electron chi connectivity index (χ2n) is 8.61. The summed E-state index contributed by atoms with van der Waals surface area (Å²) in [5.74, 6) is 0.292. The molecule has 0 aromatic heterocycles. The first-order valence-corrected chi connectivity index (χ1v) is 13.6. The Morgan fingerprint density at radius 1 is 1.00 bits per heavy atom. The summed E-state index contributed by atoms with van der Waals surface area (Å²) in [6, 6.07) is 24.9. The predicted molar refractivity (Wildman–Crippen MR) is 139 cm³/mol. The molecule has 3 aromatic carbocycles. The van der Waals surface area contributed by atoms with E-state index in [1.54, 1.807) is 24.3 Å². The Balaban J connectivity index is 1.27. The topological polar surface area (TPSA) is 79.0 Å². The van der Waals surface area contributed by atoms with E-state index in [1.807, 2.05) is 36.4 Å². The summed E-state index contributed by atoms with van der Waals surface area (Å²) in [6.45, 7) is 2.47. The molecule has 0 fully saturated rings. The molecule has 0 saturated heterocycles. The highest BCUT2D eigenvalue weighted by atomic mass is 32.2. The molecule has 1 aliphatic rings. The van der Waals surface area contributed by atoms with E-state index in [9.17, 15) is 13.2 Å². The molecule has 0 saturated carbocycles. The molecule has 1 aliphatic heterocycles. The molecule has 0 bridgehead atoms. The molecule has 1 amide bonds. The Labute approximate surface area is 207 Å². The molecular weight excluding hydrogens is 462 g/mol. The smallest absolute Gasteiger partial charge is 0.240 e. The van der Waals surface area contributed by atoms with Crippen molar-refractivity contribution in [1.82, 2.24) is 5.32 Å². The number of carbonyl (C=O) groups excluding carboxylic acids is 1. The number of nitrogens with one attached hydrogen (secondary N) is 1. The predicted octanol–water partition coefficient (Wildman–Crippen LogP) is 3.60. The van der Waals surface area contributed by atoms with Crippen molar-refractivity contribution in [3.8, 4) is 5.75 Å². The van der Waals surface area contributed by atoms with Gasteiger partial charge in [0.1, 0.15) is 18.9 Å². The van der Waals surface area contributed by atoms with Crippen molar-refractivity contribution in [1.29, 1.82) is 0 Å². The number of benzene rings is 3. The molecule has 8 heteroatoms. The number of hydrogen-bond acceptors (Lipinski definition) is 5. The number of amides is 1. The fourth-order valence-corrected chi connectivity index (χ4v) is 5.03. The van der Waals surface area contributed by atoms with Gasteiger partial charge in [-0.05, 0) is 54.3 Å². The van der Waals surface area contributed by atoms with Gasteiger partial charge < -0.3 is 15.0 Å². The van der Waals surface area contributed by atoms with Crippen molar-refractivity contribution >= 4 is 27.3 Å². The molecule has 0 radical (unpaired) electrons. The van der Waals surface area contributed by atoms with E-state index in [0.29, 0.717) is 24.6 Å². The highest BCUT2D eigenvalue weighted by Crippen LogP contribution is 2.27. The van der Waals surface area contributed by atoms with E-state index in [2.05, 4.69) is 28.4 Å². The Morgan fingerprint density at radius 3 is 2.46 bits per heavy atom. The minimum Gasteiger partial charge on any atom is -0.489 e. The molecule has 0 atom stereocenters. The number of nitrogens with zero attached hydrogens (tertiary/aromatic N) is 2. The summed E-state index contributed by atoms with van der Waals surface area (Å²) in [7, 11) is -3.63. The molecule has 0 unspecified atom stereocenters. The van der Waals surface area contributed by atoms with Crippen molar-refractivity contribution in [2.75, 3.05) is 41.6 Å². The van der Waals surface area contributed by atoms with Crippen LogP contribution in [0, 0.1) is 0 Å². The number of rotatable bonds is 11. The highest BCUT2D eigenvalue weighted by Gasteiger charge is 2.21. The lowest BCUT2D eigenvalue weighted by atomic mass is 10.2. The number of ether oxygens (including phenoxy) is 1. The number of fused-ring (bicyclic) bond motifs is 1. The number of sulfonamides is 1. The fraction of sp³-hybridized carbons (Fsp3) is 0.296. The summed E-state index contributed by atoms with van der Waals surface area (Å²) >= 11 is 0. The first-order valence-electron chi connectivity index (χ1n) is 11.7. The van der Waals surface area contributed by atoms with Crippen LogP contribution in [0.4, 0.5) is 11.4 Å². The zero-order valence-electron chi connectivity index (χ0n) is 19.9.